The summed E-state index contributed by atoms with van der Waals surface area (Å²) in [6.07, 6.45) is 0. The molecule has 0 heterocycles. The van der Waals surface area contributed by atoms with Gasteiger partial charge in [0.2, 0.25) is 0 Å². The van der Waals surface area contributed by atoms with Crippen LogP contribution in [0.2, 0.25) is 0 Å². The maximum atomic E-state index is 9.86. The topological polar surface area (TPSA) is 179 Å². The van der Waals surface area contributed by atoms with E-state index in [0.717, 1.165) is 0 Å². The largest absolute Gasteiger partial charge is 0.344 e. The third-order valence-corrected chi connectivity index (χ3v) is 2.30. The zero-order valence-electron chi connectivity index (χ0n) is 6.17. The fraction of sp³-hybridized carbons (Fsp3) is 1.00. The molecule has 78 valence electrons. The predicted octanol–water partition coefficient (Wildman–Crippen LogP) is -0.914. The van der Waals surface area contributed by atoms with E-state index in [0.29, 0.717) is 0 Å². The van der Waals surface area contributed by atoms with Gasteiger partial charge in [0.05, 0.1) is 11.5 Å². The van der Waals surface area contributed by atoms with Gasteiger partial charge < -0.3 is 12.3 Å². The lowest BCUT2D eigenvalue weighted by Gasteiger charge is -1.92. The summed E-state index contributed by atoms with van der Waals surface area (Å²) >= 11 is 0. The van der Waals surface area contributed by atoms with Crippen LogP contribution in [0, 0.1) is 0 Å². The summed E-state index contributed by atoms with van der Waals surface area (Å²) in [5, 5.41) is 0. The van der Waals surface area contributed by atoms with Gasteiger partial charge in [-0.05, 0) is 0 Å². The molecule has 8 N–H and O–H groups in total. The summed E-state index contributed by atoms with van der Waals surface area (Å²) in [7, 11) is -8.59. The molecule has 0 aliphatic carbocycles. The minimum atomic E-state index is -4.30. The predicted molar refractivity (Wildman–Crippen MR) is 42.9 cm³/mol. The van der Waals surface area contributed by atoms with Crippen molar-refractivity contribution >= 4 is 20.2 Å². The second-order valence-electron chi connectivity index (χ2n) is 1.57. The molecule has 8 nitrogen and oxygen atoms in total. The first kappa shape index (κ1) is 17.7. The zero-order valence-corrected chi connectivity index (χ0v) is 7.81. The van der Waals surface area contributed by atoms with E-state index in [9.17, 15) is 16.8 Å². The SMILES string of the molecule is N.N.O=S(=O)(O)CCS(=O)(=O)O. The van der Waals surface area contributed by atoms with E-state index in [2.05, 4.69) is 0 Å². The van der Waals surface area contributed by atoms with Gasteiger partial charge in [0.1, 0.15) is 0 Å². The van der Waals surface area contributed by atoms with E-state index in [1.165, 1.54) is 0 Å². The van der Waals surface area contributed by atoms with Gasteiger partial charge in [-0.1, -0.05) is 0 Å². The van der Waals surface area contributed by atoms with Gasteiger partial charge in [-0.25, -0.2) is 0 Å². The van der Waals surface area contributed by atoms with Gasteiger partial charge >= 0.3 is 0 Å². The summed E-state index contributed by atoms with van der Waals surface area (Å²) < 4.78 is 55.4. The summed E-state index contributed by atoms with van der Waals surface area (Å²) in [5.41, 5.74) is 0. The minimum absolute atomic E-state index is 0. The normalized spacial score (nSPS) is 11.2. The van der Waals surface area contributed by atoms with Crippen molar-refractivity contribution in [1.29, 1.82) is 0 Å². The fourth-order valence-corrected chi connectivity index (χ4v) is 1.90. The van der Waals surface area contributed by atoms with Crippen LogP contribution >= 0.6 is 0 Å². The molecule has 0 aromatic carbocycles. The molecular weight excluding hydrogens is 212 g/mol. The van der Waals surface area contributed by atoms with Crippen molar-refractivity contribution in [2.45, 2.75) is 0 Å². The highest BCUT2D eigenvalue weighted by Crippen LogP contribution is 1.86. The van der Waals surface area contributed by atoms with Crippen molar-refractivity contribution in [3.8, 4) is 0 Å². The molecule has 0 atom stereocenters. The maximum absolute atomic E-state index is 9.86. The Labute approximate surface area is 70.6 Å². The zero-order chi connectivity index (χ0) is 8.41. The number of rotatable bonds is 3. The summed E-state index contributed by atoms with van der Waals surface area (Å²) in [4.78, 5) is 0. The molecule has 0 aromatic heterocycles. The lowest BCUT2D eigenvalue weighted by atomic mass is 11.0. The summed E-state index contributed by atoms with van der Waals surface area (Å²) in [6, 6.07) is 0. The molecule has 0 saturated heterocycles. The molecule has 0 radical (unpaired) electrons. The second-order valence-corrected chi connectivity index (χ2v) is 4.72. The van der Waals surface area contributed by atoms with Gasteiger partial charge in [-0.3, -0.25) is 9.11 Å². The fourth-order valence-electron chi connectivity index (χ4n) is 0.211. The van der Waals surface area contributed by atoms with Crippen LogP contribution in [-0.2, 0) is 20.2 Å². The Kier molecular flexibility index (Phi) is 7.97. The Hall–Kier alpha value is -0.260. The van der Waals surface area contributed by atoms with Crippen molar-refractivity contribution < 1.29 is 25.9 Å². The first-order valence-corrected chi connectivity index (χ1v) is 5.33. The molecule has 0 unspecified atom stereocenters. The van der Waals surface area contributed by atoms with Crippen LogP contribution < -0.4 is 12.3 Å². The van der Waals surface area contributed by atoms with E-state index in [-0.39, 0.29) is 12.3 Å². The van der Waals surface area contributed by atoms with Crippen LogP contribution in [0.15, 0.2) is 0 Å². The molecule has 0 aromatic rings. The maximum Gasteiger partial charge on any atom is 0.265 e. The van der Waals surface area contributed by atoms with Crippen LogP contribution in [0.4, 0.5) is 0 Å². The van der Waals surface area contributed by atoms with Crippen molar-refractivity contribution in [3.63, 3.8) is 0 Å². The highest BCUT2D eigenvalue weighted by atomic mass is 32.2. The van der Waals surface area contributed by atoms with Crippen molar-refractivity contribution in [2.75, 3.05) is 11.5 Å². The van der Waals surface area contributed by atoms with Crippen LogP contribution in [-0.4, -0.2) is 37.4 Å². The Morgan fingerprint density at radius 3 is 1.00 bits per heavy atom. The Morgan fingerprint density at radius 1 is 0.750 bits per heavy atom. The van der Waals surface area contributed by atoms with Crippen LogP contribution in [0.5, 0.6) is 0 Å². The van der Waals surface area contributed by atoms with Crippen molar-refractivity contribution in [2.24, 2.45) is 0 Å². The monoisotopic (exact) mass is 224 g/mol. The average molecular weight is 224 g/mol. The van der Waals surface area contributed by atoms with Crippen LogP contribution in [0.3, 0.4) is 0 Å². The first-order chi connectivity index (χ1) is 4.21. The summed E-state index contributed by atoms with van der Waals surface area (Å²) in [5.74, 6) is -1.96. The molecule has 0 spiro atoms. The highest BCUT2D eigenvalue weighted by molar-refractivity contribution is 7.89. The summed E-state index contributed by atoms with van der Waals surface area (Å²) in [6.45, 7) is 0. The van der Waals surface area contributed by atoms with E-state index in [1.54, 1.807) is 0 Å². The lowest BCUT2D eigenvalue weighted by molar-refractivity contribution is 0.472. The standard InChI is InChI=1S/C2H6O6S2.2H3N/c3-9(4,5)1-2-10(6,7)8;;/h1-2H2,(H,3,4,5)(H,6,7,8);2*1H3. The second kappa shape index (κ2) is 5.40. The van der Waals surface area contributed by atoms with E-state index in [4.69, 9.17) is 9.11 Å². The lowest BCUT2D eigenvalue weighted by Crippen LogP contribution is -2.15. The average Bonchev–Trinajstić information content (AvgIpc) is 1.57. The first-order valence-electron chi connectivity index (χ1n) is 2.11. The van der Waals surface area contributed by atoms with Gasteiger partial charge in [-0.2, -0.15) is 16.8 Å². The van der Waals surface area contributed by atoms with Gasteiger partial charge in [0, 0.05) is 0 Å². The van der Waals surface area contributed by atoms with E-state index in [1.807, 2.05) is 0 Å². The third-order valence-electron chi connectivity index (χ3n) is 0.599. The van der Waals surface area contributed by atoms with Crippen LogP contribution in [0.25, 0.3) is 0 Å². The quantitative estimate of drug-likeness (QED) is 0.444. The third kappa shape index (κ3) is 16.4. The molecule has 10 heteroatoms. The number of hydrogen-bond acceptors (Lipinski definition) is 6. The molecule has 0 saturated carbocycles. The minimum Gasteiger partial charge on any atom is -0.344 e. The smallest absolute Gasteiger partial charge is 0.265 e. The Balaban J connectivity index is -0.000000405. The highest BCUT2D eigenvalue weighted by Gasteiger charge is 2.11. The van der Waals surface area contributed by atoms with Gasteiger partial charge in [-0.15, -0.1) is 0 Å². The molecule has 0 aliphatic rings. The number of hydrogen-bond donors (Lipinski definition) is 4. The molecule has 0 fully saturated rings. The van der Waals surface area contributed by atoms with Crippen LogP contribution in [0.1, 0.15) is 0 Å². The molecular formula is C2H12N2O6S2. The van der Waals surface area contributed by atoms with E-state index < -0.39 is 31.7 Å². The Morgan fingerprint density at radius 2 is 0.917 bits per heavy atom. The van der Waals surface area contributed by atoms with Gasteiger partial charge in [0.15, 0.2) is 0 Å². The Bertz CT molecular complexity index is 258. The van der Waals surface area contributed by atoms with Crippen molar-refractivity contribution in [1.82, 2.24) is 12.3 Å². The molecule has 0 amide bonds. The molecule has 12 heavy (non-hydrogen) atoms. The van der Waals surface area contributed by atoms with Crippen molar-refractivity contribution in [3.05, 3.63) is 0 Å². The molecule has 0 rings (SSSR count). The van der Waals surface area contributed by atoms with Gasteiger partial charge in [0.25, 0.3) is 20.2 Å². The van der Waals surface area contributed by atoms with E-state index >= 15 is 0 Å². The molecule has 0 aliphatic heterocycles. The molecule has 0 bridgehead atoms.